The van der Waals surface area contributed by atoms with E-state index in [-0.39, 0.29) is 17.3 Å². The van der Waals surface area contributed by atoms with Crippen molar-refractivity contribution >= 4 is 31.9 Å². The Hall–Kier alpha value is -2.62. The Morgan fingerprint density at radius 2 is 1.70 bits per heavy atom. The molecule has 0 saturated heterocycles. The molecule has 7 nitrogen and oxygen atoms in total. The molecule has 27 heavy (non-hydrogen) atoms. The number of hydrogen-bond acceptors (Lipinski definition) is 5. The molecule has 1 heterocycles. The van der Waals surface area contributed by atoms with Gasteiger partial charge in [0.05, 0.1) is 4.90 Å². The largest absolute Gasteiger partial charge is 0.486 e. The van der Waals surface area contributed by atoms with E-state index in [4.69, 9.17) is 9.15 Å². The minimum atomic E-state index is -3.93. The molecule has 140 valence electrons. The Morgan fingerprint density at radius 1 is 1.00 bits per heavy atom. The van der Waals surface area contributed by atoms with E-state index in [0.29, 0.717) is 16.0 Å². The first-order valence-electron chi connectivity index (χ1n) is 7.79. The molecule has 1 aromatic heterocycles. The number of furan rings is 1. The molecule has 9 heteroatoms. The van der Waals surface area contributed by atoms with Crippen LogP contribution in [0.3, 0.4) is 0 Å². The van der Waals surface area contributed by atoms with Crippen molar-refractivity contribution in [3.8, 4) is 5.75 Å². The Balaban J connectivity index is 1.59. The lowest BCUT2D eigenvalue weighted by atomic mass is 10.3. The molecule has 0 unspecified atom stereocenters. The van der Waals surface area contributed by atoms with Crippen molar-refractivity contribution in [3.63, 3.8) is 0 Å². The fraction of sp³-hybridized carbons (Fsp3) is 0.0556. The van der Waals surface area contributed by atoms with Gasteiger partial charge in [-0.3, -0.25) is 10.2 Å². The van der Waals surface area contributed by atoms with Crippen LogP contribution in [-0.4, -0.2) is 14.3 Å². The van der Waals surface area contributed by atoms with Gasteiger partial charge in [-0.2, -0.15) is 0 Å². The lowest BCUT2D eigenvalue weighted by Gasteiger charge is -2.08. The molecule has 0 radical (unpaired) electrons. The molecule has 3 aromatic rings. The summed E-state index contributed by atoms with van der Waals surface area (Å²) in [4.78, 5) is 14.1. The summed E-state index contributed by atoms with van der Waals surface area (Å²) in [6.07, 6.45) is 0. The molecular weight excluding hydrogens is 436 g/mol. The highest BCUT2D eigenvalue weighted by Crippen LogP contribution is 2.20. The van der Waals surface area contributed by atoms with E-state index in [1.54, 1.807) is 36.4 Å². The Labute approximate surface area is 164 Å². The predicted molar refractivity (Wildman–Crippen MR) is 101 cm³/mol. The smallest absolute Gasteiger partial charge is 0.301 e. The van der Waals surface area contributed by atoms with E-state index in [1.165, 1.54) is 12.1 Å². The number of sulfonamides is 1. The molecule has 0 aliphatic carbocycles. The van der Waals surface area contributed by atoms with Crippen molar-refractivity contribution in [1.29, 1.82) is 0 Å². The third-order valence-corrected chi connectivity index (χ3v) is 5.69. The lowest BCUT2D eigenvalue weighted by Crippen LogP contribution is -2.41. The van der Waals surface area contributed by atoms with E-state index >= 15 is 0 Å². The van der Waals surface area contributed by atoms with Gasteiger partial charge >= 0.3 is 5.91 Å². The second kappa shape index (κ2) is 8.38. The molecule has 3 rings (SSSR count). The van der Waals surface area contributed by atoms with E-state index in [1.807, 2.05) is 23.0 Å². The number of halogens is 1. The highest BCUT2D eigenvalue weighted by atomic mass is 79.9. The molecule has 0 spiro atoms. The van der Waals surface area contributed by atoms with Crippen LogP contribution < -0.4 is 15.0 Å². The molecule has 0 bridgehead atoms. The van der Waals surface area contributed by atoms with Gasteiger partial charge in [-0.15, -0.1) is 4.83 Å². The standard InChI is InChI=1S/C18H15BrN2O5S/c19-15-8-4-5-9-17(15)27(23,24)21-20-18(22)16-11-10-14(26-16)12-25-13-6-2-1-3-7-13/h1-11,21H,12H2,(H,20,22). The minimum Gasteiger partial charge on any atom is -0.486 e. The molecule has 0 aliphatic rings. The predicted octanol–water partition coefficient (Wildman–Crippen LogP) is 3.24. The van der Waals surface area contributed by atoms with Crippen LogP contribution in [0.1, 0.15) is 16.3 Å². The van der Waals surface area contributed by atoms with Crippen molar-refractivity contribution in [2.75, 3.05) is 0 Å². The maximum absolute atomic E-state index is 12.2. The first-order chi connectivity index (χ1) is 13.0. The first kappa shape index (κ1) is 19.2. The van der Waals surface area contributed by atoms with Crippen molar-refractivity contribution < 1.29 is 22.4 Å². The van der Waals surface area contributed by atoms with Crippen LogP contribution in [0.4, 0.5) is 0 Å². The van der Waals surface area contributed by atoms with Gasteiger partial charge in [0.25, 0.3) is 10.0 Å². The number of rotatable bonds is 7. The van der Waals surface area contributed by atoms with Crippen LogP contribution in [0, 0.1) is 0 Å². The maximum Gasteiger partial charge on any atom is 0.301 e. The average molecular weight is 451 g/mol. The summed E-state index contributed by atoms with van der Waals surface area (Å²) in [6.45, 7) is 0.139. The summed E-state index contributed by atoms with van der Waals surface area (Å²) in [6, 6.07) is 18.4. The SMILES string of the molecule is O=C(NNS(=O)(=O)c1ccccc1Br)c1ccc(COc2ccccc2)o1. The Morgan fingerprint density at radius 3 is 2.44 bits per heavy atom. The quantitative estimate of drug-likeness (QED) is 0.538. The van der Waals surface area contributed by atoms with E-state index in [9.17, 15) is 13.2 Å². The average Bonchev–Trinajstić information content (AvgIpc) is 3.15. The Bertz CT molecular complexity index is 1030. The molecule has 0 aliphatic heterocycles. The van der Waals surface area contributed by atoms with Gasteiger partial charge in [-0.25, -0.2) is 8.42 Å². The van der Waals surface area contributed by atoms with Crippen LogP contribution in [-0.2, 0) is 16.6 Å². The number of amides is 1. The van der Waals surface area contributed by atoms with Crippen LogP contribution in [0.25, 0.3) is 0 Å². The second-order valence-electron chi connectivity index (χ2n) is 5.36. The molecule has 2 N–H and O–H groups in total. The highest BCUT2D eigenvalue weighted by Gasteiger charge is 2.19. The van der Waals surface area contributed by atoms with E-state index in [2.05, 4.69) is 21.4 Å². The molecule has 0 saturated carbocycles. The van der Waals surface area contributed by atoms with Gasteiger partial charge < -0.3 is 9.15 Å². The highest BCUT2D eigenvalue weighted by molar-refractivity contribution is 9.10. The van der Waals surface area contributed by atoms with E-state index in [0.717, 1.165) is 0 Å². The zero-order valence-corrected chi connectivity index (χ0v) is 16.3. The molecule has 0 atom stereocenters. The van der Waals surface area contributed by atoms with Crippen LogP contribution in [0.15, 0.2) is 80.5 Å². The van der Waals surface area contributed by atoms with Crippen molar-refractivity contribution in [2.45, 2.75) is 11.5 Å². The van der Waals surface area contributed by atoms with Crippen molar-refractivity contribution in [2.24, 2.45) is 0 Å². The number of benzene rings is 2. The topological polar surface area (TPSA) is 97.6 Å². The van der Waals surface area contributed by atoms with Gasteiger partial charge in [0, 0.05) is 4.47 Å². The maximum atomic E-state index is 12.2. The van der Waals surface area contributed by atoms with Gasteiger partial charge in [0.15, 0.2) is 5.76 Å². The number of hydrazine groups is 1. The number of ether oxygens (including phenoxy) is 1. The normalized spacial score (nSPS) is 11.1. The monoisotopic (exact) mass is 450 g/mol. The summed E-state index contributed by atoms with van der Waals surface area (Å²) in [5.41, 5.74) is 2.12. The van der Waals surface area contributed by atoms with Crippen molar-refractivity contribution in [1.82, 2.24) is 10.3 Å². The summed E-state index contributed by atoms with van der Waals surface area (Å²) in [5, 5.41) is 0. The lowest BCUT2D eigenvalue weighted by molar-refractivity contribution is 0.0913. The fourth-order valence-corrected chi connectivity index (χ4v) is 3.99. The molecular formula is C18H15BrN2O5S. The molecule has 1 amide bonds. The second-order valence-corrected chi connectivity index (χ2v) is 7.86. The van der Waals surface area contributed by atoms with Gasteiger partial charge in [-0.05, 0) is 52.3 Å². The van der Waals surface area contributed by atoms with Gasteiger partial charge in [-0.1, -0.05) is 30.3 Å². The number of hydrogen-bond donors (Lipinski definition) is 2. The molecule has 2 aromatic carbocycles. The number of para-hydroxylation sites is 1. The number of carbonyl (C=O) groups is 1. The third kappa shape index (κ3) is 4.97. The zero-order chi connectivity index (χ0) is 19.3. The van der Waals surface area contributed by atoms with Crippen LogP contribution in [0.5, 0.6) is 5.75 Å². The molecule has 0 fully saturated rings. The van der Waals surface area contributed by atoms with Gasteiger partial charge in [0.2, 0.25) is 0 Å². The summed E-state index contributed by atoms with van der Waals surface area (Å²) < 4.78 is 35.8. The van der Waals surface area contributed by atoms with Gasteiger partial charge in [0.1, 0.15) is 18.1 Å². The number of nitrogens with one attached hydrogen (secondary N) is 2. The first-order valence-corrected chi connectivity index (χ1v) is 10.1. The zero-order valence-electron chi connectivity index (χ0n) is 13.9. The third-order valence-electron chi connectivity index (χ3n) is 3.43. The van der Waals surface area contributed by atoms with Crippen molar-refractivity contribution in [3.05, 3.63) is 82.7 Å². The summed E-state index contributed by atoms with van der Waals surface area (Å²) >= 11 is 3.16. The van der Waals surface area contributed by atoms with E-state index < -0.39 is 15.9 Å². The van der Waals surface area contributed by atoms with Crippen LogP contribution in [0.2, 0.25) is 0 Å². The Kier molecular flexibility index (Phi) is 5.94. The van der Waals surface area contributed by atoms with Crippen LogP contribution >= 0.6 is 15.9 Å². The fourth-order valence-electron chi connectivity index (χ4n) is 2.14. The summed E-state index contributed by atoms with van der Waals surface area (Å²) in [5.74, 6) is 0.326. The minimum absolute atomic E-state index is 0.00157. The summed E-state index contributed by atoms with van der Waals surface area (Å²) in [7, 11) is -3.93. The number of carbonyl (C=O) groups excluding carboxylic acids is 1.